The first-order chi connectivity index (χ1) is 9.19. The third kappa shape index (κ3) is 2.68. The predicted octanol–water partition coefficient (Wildman–Crippen LogP) is 2.01. The highest BCUT2D eigenvalue weighted by atomic mass is 16.2. The second-order valence-electron chi connectivity index (χ2n) is 4.67. The lowest BCUT2D eigenvalue weighted by molar-refractivity contribution is -0.126. The Balaban J connectivity index is 2.47. The minimum absolute atomic E-state index is 0.126. The van der Waals surface area contributed by atoms with Crippen molar-refractivity contribution in [2.45, 2.75) is 39.7 Å². The van der Waals surface area contributed by atoms with Crippen LogP contribution in [0.2, 0.25) is 0 Å². The molecule has 0 radical (unpaired) electrons. The number of hydrogen-bond donors (Lipinski definition) is 1. The van der Waals surface area contributed by atoms with Crippen LogP contribution in [-0.4, -0.2) is 18.4 Å². The minimum Gasteiger partial charge on any atom is -0.312 e. The van der Waals surface area contributed by atoms with Crippen LogP contribution in [0.3, 0.4) is 0 Å². The molecule has 0 aromatic heterocycles. The van der Waals surface area contributed by atoms with Crippen LogP contribution in [0, 0.1) is 0 Å². The molecule has 1 aliphatic rings. The number of fused-ring (bicyclic) bond motifs is 1. The average Bonchev–Trinajstić information content (AvgIpc) is 2.47. The number of carbonyl (C=O) groups is 2. The standard InChI is InChI=1S/C15H20N2O2/c1-3-14(18)17(15(19)4-2)13-7-5-6-11-10-16-9-8-12(11)13/h5-7,16H,3-4,8-10H2,1-2H3. The summed E-state index contributed by atoms with van der Waals surface area (Å²) in [5, 5.41) is 3.31. The number of rotatable bonds is 3. The van der Waals surface area contributed by atoms with E-state index in [9.17, 15) is 9.59 Å². The third-order valence-corrected chi connectivity index (χ3v) is 3.46. The van der Waals surface area contributed by atoms with E-state index in [-0.39, 0.29) is 11.8 Å². The second kappa shape index (κ2) is 5.97. The highest BCUT2D eigenvalue weighted by Crippen LogP contribution is 2.27. The maximum Gasteiger partial charge on any atom is 0.233 e. The Labute approximate surface area is 113 Å². The van der Waals surface area contributed by atoms with Gasteiger partial charge in [-0.1, -0.05) is 26.0 Å². The quantitative estimate of drug-likeness (QED) is 0.904. The summed E-state index contributed by atoms with van der Waals surface area (Å²) in [6, 6.07) is 5.85. The van der Waals surface area contributed by atoms with Gasteiger partial charge in [0, 0.05) is 19.4 Å². The zero-order valence-corrected chi connectivity index (χ0v) is 11.5. The van der Waals surface area contributed by atoms with Crippen molar-refractivity contribution in [2.75, 3.05) is 11.4 Å². The summed E-state index contributed by atoms with van der Waals surface area (Å²) in [5.74, 6) is -0.252. The number of hydrogen-bond acceptors (Lipinski definition) is 3. The summed E-state index contributed by atoms with van der Waals surface area (Å²) in [5.41, 5.74) is 3.09. The second-order valence-corrected chi connectivity index (χ2v) is 4.67. The molecule has 0 fully saturated rings. The van der Waals surface area contributed by atoms with E-state index in [0.29, 0.717) is 12.8 Å². The van der Waals surface area contributed by atoms with Gasteiger partial charge in [0.2, 0.25) is 11.8 Å². The smallest absolute Gasteiger partial charge is 0.233 e. The normalized spacial score (nSPS) is 13.8. The molecule has 0 bridgehead atoms. The number of imide groups is 1. The van der Waals surface area contributed by atoms with Crippen molar-refractivity contribution >= 4 is 17.5 Å². The van der Waals surface area contributed by atoms with Crippen LogP contribution in [0.15, 0.2) is 18.2 Å². The molecular formula is C15H20N2O2. The lowest BCUT2D eigenvalue weighted by Gasteiger charge is -2.27. The Morgan fingerprint density at radius 1 is 1.21 bits per heavy atom. The van der Waals surface area contributed by atoms with Gasteiger partial charge < -0.3 is 5.32 Å². The van der Waals surface area contributed by atoms with Gasteiger partial charge in [-0.05, 0) is 30.2 Å². The lowest BCUT2D eigenvalue weighted by Crippen LogP contribution is -2.38. The van der Waals surface area contributed by atoms with Crippen molar-refractivity contribution in [3.8, 4) is 0 Å². The molecule has 1 N–H and O–H groups in total. The Hall–Kier alpha value is -1.68. The fraction of sp³-hybridized carbons (Fsp3) is 0.467. The van der Waals surface area contributed by atoms with E-state index in [1.807, 2.05) is 12.1 Å². The van der Waals surface area contributed by atoms with E-state index in [1.54, 1.807) is 13.8 Å². The Morgan fingerprint density at radius 3 is 2.53 bits per heavy atom. The SMILES string of the molecule is CCC(=O)N(C(=O)CC)c1cccc2c1CCNC2. The number of benzene rings is 1. The zero-order chi connectivity index (χ0) is 13.8. The maximum atomic E-state index is 12.1. The molecule has 4 heteroatoms. The predicted molar refractivity (Wildman–Crippen MR) is 74.9 cm³/mol. The lowest BCUT2D eigenvalue weighted by atomic mass is 9.98. The van der Waals surface area contributed by atoms with Crippen LogP contribution in [0.25, 0.3) is 0 Å². The average molecular weight is 260 g/mol. The topological polar surface area (TPSA) is 49.4 Å². The molecule has 0 atom stereocenters. The van der Waals surface area contributed by atoms with Gasteiger partial charge in [0.25, 0.3) is 0 Å². The van der Waals surface area contributed by atoms with Crippen LogP contribution >= 0.6 is 0 Å². The third-order valence-electron chi connectivity index (χ3n) is 3.46. The van der Waals surface area contributed by atoms with Crippen LogP contribution in [0.5, 0.6) is 0 Å². The van der Waals surface area contributed by atoms with E-state index in [0.717, 1.165) is 30.8 Å². The molecule has 0 aliphatic carbocycles. The maximum absolute atomic E-state index is 12.1. The molecule has 4 nitrogen and oxygen atoms in total. The Bertz CT molecular complexity index is 481. The first kappa shape index (κ1) is 13.7. The molecule has 2 rings (SSSR count). The molecule has 2 amide bonds. The van der Waals surface area contributed by atoms with Gasteiger partial charge in [0.05, 0.1) is 5.69 Å². The summed E-state index contributed by atoms with van der Waals surface area (Å²) in [7, 11) is 0. The zero-order valence-electron chi connectivity index (χ0n) is 11.5. The first-order valence-corrected chi connectivity index (χ1v) is 6.86. The Morgan fingerprint density at radius 2 is 1.89 bits per heavy atom. The van der Waals surface area contributed by atoms with Crippen LogP contribution in [0.1, 0.15) is 37.8 Å². The van der Waals surface area contributed by atoms with Crippen molar-refractivity contribution in [1.82, 2.24) is 5.32 Å². The van der Waals surface area contributed by atoms with E-state index < -0.39 is 0 Å². The fourth-order valence-electron chi connectivity index (χ4n) is 2.45. The van der Waals surface area contributed by atoms with Crippen molar-refractivity contribution < 1.29 is 9.59 Å². The van der Waals surface area contributed by atoms with E-state index in [4.69, 9.17) is 0 Å². The molecule has 0 spiro atoms. The molecule has 19 heavy (non-hydrogen) atoms. The highest BCUT2D eigenvalue weighted by Gasteiger charge is 2.24. The highest BCUT2D eigenvalue weighted by molar-refractivity contribution is 6.15. The molecule has 1 heterocycles. The van der Waals surface area contributed by atoms with Gasteiger partial charge in [0.15, 0.2) is 0 Å². The van der Waals surface area contributed by atoms with Crippen LogP contribution in [-0.2, 0) is 22.6 Å². The number of carbonyl (C=O) groups excluding carboxylic acids is 2. The monoisotopic (exact) mass is 260 g/mol. The molecule has 1 aromatic rings. The number of anilines is 1. The van der Waals surface area contributed by atoms with Gasteiger partial charge in [-0.3, -0.25) is 14.5 Å². The van der Waals surface area contributed by atoms with Crippen molar-refractivity contribution in [3.63, 3.8) is 0 Å². The summed E-state index contributed by atoms with van der Waals surface area (Å²) < 4.78 is 0. The van der Waals surface area contributed by atoms with Crippen molar-refractivity contribution in [1.29, 1.82) is 0 Å². The minimum atomic E-state index is -0.126. The Kier molecular flexibility index (Phi) is 4.32. The molecule has 0 unspecified atom stereocenters. The number of amides is 2. The summed E-state index contributed by atoms with van der Waals surface area (Å²) >= 11 is 0. The van der Waals surface area contributed by atoms with E-state index in [1.165, 1.54) is 10.5 Å². The molecule has 102 valence electrons. The van der Waals surface area contributed by atoms with E-state index in [2.05, 4.69) is 11.4 Å². The molecule has 0 saturated heterocycles. The molecular weight excluding hydrogens is 240 g/mol. The molecule has 1 aromatic carbocycles. The number of nitrogens with one attached hydrogen (secondary N) is 1. The van der Waals surface area contributed by atoms with Gasteiger partial charge in [-0.2, -0.15) is 0 Å². The molecule has 0 saturated carbocycles. The largest absolute Gasteiger partial charge is 0.312 e. The van der Waals surface area contributed by atoms with Gasteiger partial charge in [-0.25, -0.2) is 0 Å². The first-order valence-electron chi connectivity index (χ1n) is 6.86. The van der Waals surface area contributed by atoms with E-state index >= 15 is 0 Å². The molecule has 1 aliphatic heterocycles. The van der Waals surface area contributed by atoms with Crippen molar-refractivity contribution in [2.24, 2.45) is 0 Å². The van der Waals surface area contributed by atoms with Gasteiger partial charge >= 0.3 is 0 Å². The summed E-state index contributed by atoms with van der Waals surface area (Å²) in [6.45, 7) is 5.26. The van der Waals surface area contributed by atoms with Crippen LogP contribution in [0.4, 0.5) is 5.69 Å². The summed E-state index contributed by atoms with van der Waals surface area (Å²) in [4.78, 5) is 25.5. The fourth-order valence-corrected chi connectivity index (χ4v) is 2.45. The van der Waals surface area contributed by atoms with Crippen molar-refractivity contribution in [3.05, 3.63) is 29.3 Å². The van der Waals surface area contributed by atoms with Gasteiger partial charge in [-0.15, -0.1) is 0 Å². The van der Waals surface area contributed by atoms with Gasteiger partial charge in [0.1, 0.15) is 0 Å². The van der Waals surface area contributed by atoms with Crippen LogP contribution < -0.4 is 10.2 Å². The number of nitrogens with zero attached hydrogens (tertiary/aromatic N) is 1. The summed E-state index contributed by atoms with van der Waals surface area (Å²) in [6.07, 6.45) is 1.54.